The molecule has 0 spiro atoms. The number of benzene rings is 2. The Kier molecular flexibility index (Phi) is 6.50. The zero-order valence-electron chi connectivity index (χ0n) is 17.6. The van der Waals surface area contributed by atoms with Gasteiger partial charge in [0.05, 0.1) is 9.79 Å². The van der Waals surface area contributed by atoms with E-state index in [1.165, 1.54) is 24.3 Å². The average Bonchev–Trinajstić information content (AvgIpc) is 3.46. The summed E-state index contributed by atoms with van der Waals surface area (Å²) in [4.78, 5) is 16.9. The van der Waals surface area contributed by atoms with E-state index in [1.807, 2.05) is 0 Å². The molecule has 9 nitrogen and oxygen atoms in total. The fourth-order valence-corrected chi connectivity index (χ4v) is 6.63. The van der Waals surface area contributed by atoms with E-state index in [-0.39, 0.29) is 22.0 Å². The molecule has 33 heavy (non-hydrogen) atoms. The third-order valence-electron chi connectivity index (χ3n) is 5.46. The first kappa shape index (κ1) is 23.3. The van der Waals surface area contributed by atoms with Gasteiger partial charge >= 0.3 is 0 Å². The molecule has 1 atom stereocenters. The quantitative estimate of drug-likeness (QED) is 0.636. The summed E-state index contributed by atoms with van der Waals surface area (Å²) < 4.78 is 68.0. The molecular weight excluding hydrogens is 471 g/mol. The maximum atomic E-state index is 13.2. The molecule has 2 aliphatic rings. The van der Waals surface area contributed by atoms with Gasteiger partial charge in [0.15, 0.2) is 0 Å². The molecule has 12 heteroatoms. The third kappa shape index (κ3) is 5.07. The molecule has 0 unspecified atom stereocenters. The second-order valence-corrected chi connectivity index (χ2v) is 11.4. The van der Waals surface area contributed by atoms with E-state index in [0.717, 1.165) is 35.0 Å². The minimum Gasteiger partial charge on any atom is -0.325 e. The Hall–Kier alpha value is -2.83. The second kappa shape index (κ2) is 9.20. The first-order chi connectivity index (χ1) is 15.7. The molecule has 2 aromatic carbocycles. The normalized spacial score (nSPS) is 19.3. The topological polar surface area (TPSA) is 125 Å². The van der Waals surface area contributed by atoms with Crippen LogP contribution in [-0.4, -0.2) is 52.0 Å². The highest BCUT2D eigenvalue weighted by Crippen LogP contribution is 2.27. The molecule has 2 aromatic rings. The summed E-state index contributed by atoms with van der Waals surface area (Å²) in [5.74, 6) is -0.730. The largest absolute Gasteiger partial charge is 0.325 e. The van der Waals surface area contributed by atoms with Crippen LogP contribution in [0, 0.1) is 5.82 Å². The highest BCUT2D eigenvalue weighted by Gasteiger charge is 2.39. The number of aliphatic imine (C=N–C) groups is 1. The fourth-order valence-electron chi connectivity index (χ4n) is 3.84. The van der Waals surface area contributed by atoms with Gasteiger partial charge in [0.1, 0.15) is 17.7 Å². The summed E-state index contributed by atoms with van der Waals surface area (Å²) in [6.07, 6.45) is 2.13. The van der Waals surface area contributed by atoms with Crippen LogP contribution in [0.4, 0.5) is 10.1 Å². The predicted molar refractivity (Wildman–Crippen MR) is 120 cm³/mol. The molecule has 0 radical (unpaired) electrons. The number of amides is 1. The van der Waals surface area contributed by atoms with Crippen molar-refractivity contribution in [1.29, 1.82) is 0 Å². The number of carbonyl (C=O) groups is 1. The first-order valence-corrected chi connectivity index (χ1v) is 13.3. The minimum atomic E-state index is -4.00. The van der Waals surface area contributed by atoms with Crippen molar-refractivity contribution < 1.29 is 26.0 Å². The summed E-state index contributed by atoms with van der Waals surface area (Å²) in [6, 6.07) is 9.18. The lowest BCUT2D eigenvalue weighted by molar-refractivity contribution is -0.119. The van der Waals surface area contributed by atoms with Crippen molar-refractivity contribution in [3.05, 3.63) is 54.3 Å². The molecule has 0 aromatic heterocycles. The molecule has 1 amide bonds. The van der Waals surface area contributed by atoms with Crippen LogP contribution in [0.2, 0.25) is 0 Å². The van der Waals surface area contributed by atoms with Gasteiger partial charge in [-0.25, -0.2) is 21.2 Å². The van der Waals surface area contributed by atoms with E-state index in [4.69, 9.17) is 0 Å². The van der Waals surface area contributed by atoms with Crippen LogP contribution >= 0.6 is 0 Å². The number of carbonyl (C=O) groups excluding carboxylic acids is 1. The Morgan fingerprint density at radius 3 is 2.48 bits per heavy atom. The van der Waals surface area contributed by atoms with Crippen LogP contribution in [0.1, 0.15) is 25.7 Å². The van der Waals surface area contributed by atoms with Crippen molar-refractivity contribution in [2.45, 2.75) is 41.5 Å². The number of halogens is 1. The molecule has 2 heterocycles. The second-order valence-electron chi connectivity index (χ2n) is 7.78. The van der Waals surface area contributed by atoms with E-state index in [1.54, 1.807) is 0 Å². The first-order valence-electron chi connectivity index (χ1n) is 10.4. The van der Waals surface area contributed by atoms with Crippen LogP contribution in [0.15, 0.2) is 63.3 Å². The zero-order chi connectivity index (χ0) is 23.6. The van der Waals surface area contributed by atoms with E-state index in [0.29, 0.717) is 31.6 Å². The van der Waals surface area contributed by atoms with Gasteiger partial charge < -0.3 is 5.32 Å². The van der Waals surface area contributed by atoms with E-state index in [2.05, 4.69) is 15.0 Å². The number of hydrogen-bond acceptors (Lipinski definition) is 6. The SMILES string of the molecule is O=C(Nc1cccc(S(=O)(=O)NC2=NCCC2)c1)[C@@H]1CCCN1S(=O)(=O)c1ccc(F)cc1. The lowest BCUT2D eigenvalue weighted by Crippen LogP contribution is -2.43. The number of hydrogen-bond donors (Lipinski definition) is 2. The van der Waals surface area contributed by atoms with Gasteiger partial charge in [-0.2, -0.15) is 4.31 Å². The van der Waals surface area contributed by atoms with Gasteiger partial charge in [0.2, 0.25) is 15.9 Å². The lowest BCUT2D eigenvalue weighted by Gasteiger charge is -2.23. The van der Waals surface area contributed by atoms with E-state index < -0.39 is 37.8 Å². The molecule has 1 fully saturated rings. The molecule has 1 saturated heterocycles. The van der Waals surface area contributed by atoms with Crippen LogP contribution in [-0.2, 0) is 24.8 Å². The minimum absolute atomic E-state index is 0.0443. The van der Waals surface area contributed by atoms with Gasteiger partial charge in [-0.05, 0) is 61.7 Å². The Morgan fingerprint density at radius 1 is 1.03 bits per heavy atom. The fraction of sp³-hybridized carbons (Fsp3) is 0.333. The zero-order valence-corrected chi connectivity index (χ0v) is 19.2. The summed E-state index contributed by atoms with van der Waals surface area (Å²) in [6.45, 7) is 0.727. The predicted octanol–water partition coefficient (Wildman–Crippen LogP) is 2.09. The smallest absolute Gasteiger partial charge is 0.262 e. The van der Waals surface area contributed by atoms with Crippen molar-refractivity contribution in [3.63, 3.8) is 0 Å². The maximum Gasteiger partial charge on any atom is 0.262 e. The van der Waals surface area contributed by atoms with Crippen LogP contribution in [0.5, 0.6) is 0 Å². The highest BCUT2D eigenvalue weighted by molar-refractivity contribution is 7.90. The molecule has 2 aliphatic heterocycles. The van der Waals surface area contributed by atoms with Gasteiger partial charge in [0, 0.05) is 25.2 Å². The van der Waals surface area contributed by atoms with Crippen molar-refractivity contribution in [2.24, 2.45) is 4.99 Å². The van der Waals surface area contributed by atoms with E-state index >= 15 is 0 Å². The standard InChI is InChI=1S/C21H23FN4O5S2/c22-15-8-10-17(11-9-15)33(30,31)26-13-3-6-19(26)21(27)24-16-4-1-5-18(14-16)32(28,29)25-20-7-2-12-23-20/h1,4-5,8-11,14,19H,2-3,6-7,12-13H2,(H,23,25)(H,24,27)/t19-/m0/s1. The van der Waals surface area contributed by atoms with E-state index in [9.17, 15) is 26.0 Å². The third-order valence-corrected chi connectivity index (χ3v) is 8.77. The molecule has 176 valence electrons. The van der Waals surface area contributed by atoms with Crippen molar-refractivity contribution >= 4 is 37.5 Å². The number of amidine groups is 1. The summed E-state index contributed by atoms with van der Waals surface area (Å²) in [7, 11) is -7.86. The van der Waals surface area contributed by atoms with Crippen LogP contribution < -0.4 is 10.0 Å². The van der Waals surface area contributed by atoms with Gasteiger partial charge in [0.25, 0.3) is 10.0 Å². The van der Waals surface area contributed by atoms with Gasteiger partial charge in [-0.1, -0.05) is 6.07 Å². The van der Waals surface area contributed by atoms with Crippen LogP contribution in [0.25, 0.3) is 0 Å². The maximum absolute atomic E-state index is 13.2. The number of nitrogens with zero attached hydrogens (tertiary/aromatic N) is 2. The molecule has 2 N–H and O–H groups in total. The summed E-state index contributed by atoms with van der Waals surface area (Å²) in [5, 5.41) is 2.63. The summed E-state index contributed by atoms with van der Waals surface area (Å²) >= 11 is 0. The lowest BCUT2D eigenvalue weighted by atomic mass is 10.2. The molecular formula is C21H23FN4O5S2. The Labute approximate surface area is 191 Å². The highest BCUT2D eigenvalue weighted by atomic mass is 32.2. The number of anilines is 1. The molecule has 0 saturated carbocycles. The number of sulfonamides is 2. The van der Waals surface area contributed by atoms with Gasteiger partial charge in [-0.3, -0.25) is 14.5 Å². The van der Waals surface area contributed by atoms with Gasteiger partial charge in [-0.15, -0.1) is 0 Å². The van der Waals surface area contributed by atoms with Crippen molar-refractivity contribution in [2.75, 3.05) is 18.4 Å². The van der Waals surface area contributed by atoms with Crippen molar-refractivity contribution in [1.82, 2.24) is 9.03 Å². The monoisotopic (exact) mass is 494 g/mol. The average molecular weight is 495 g/mol. The summed E-state index contributed by atoms with van der Waals surface area (Å²) in [5.41, 5.74) is 0.224. The number of nitrogens with one attached hydrogen (secondary N) is 2. The number of rotatable bonds is 6. The Bertz CT molecular complexity index is 1290. The Morgan fingerprint density at radius 2 is 1.79 bits per heavy atom. The Balaban J connectivity index is 1.51. The van der Waals surface area contributed by atoms with Crippen LogP contribution in [0.3, 0.4) is 0 Å². The molecule has 0 bridgehead atoms. The molecule has 4 rings (SSSR count). The van der Waals surface area contributed by atoms with Crippen molar-refractivity contribution in [3.8, 4) is 0 Å². The molecule has 0 aliphatic carbocycles.